The molecule has 3 rings (SSSR count). The monoisotopic (exact) mass is 258 g/mol. The fourth-order valence-electron chi connectivity index (χ4n) is 3.34. The van der Waals surface area contributed by atoms with E-state index in [1.165, 1.54) is 11.1 Å². The molecule has 19 heavy (non-hydrogen) atoms. The van der Waals surface area contributed by atoms with Crippen molar-refractivity contribution in [1.29, 1.82) is 0 Å². The zero-order valence-corrected chi connectivity index (χ0v) is 11.6. The minimum atomic E-state index is 0.183. The number of likely N-dealkylation sites (N-methyl/N-ethyl adjacent to an activating group) is 1. The van der Waals surface area contributed by atoms with Crippen LogP contribution in [0.3, 0.4) is 0 Å². The maximum Gasteiger partial charge on any atom is 0.226 e. The lowest BCUT2D eigenvalue weighted by Gasteiger charge is -2.30. The Morgan fingerprint density at radius 3 is 2.53 bits per heavy atom. The highest BCUT2D eigenvalue weighted by molar-refractivity contribution is 5.79. The number of rotatable bonds is 2. The first kappa shape index (κ1) is 12.7. The van der Waals surface area contributed by atoms with Gasteiger partial charge in [0.2, 0.25) is 5.91 Å². The van der Waals surface area contributed by atoms with Crippen LogP contribution in [0, 0.1) is 5.92 Å². The highest BCUT2D eigenvalue weighted by atomic mass is 16.2. The molecule has 1 aliphatic carbocycles. The fourth-order valence-corrected chi connectivity index (χ4v) is 3.34. The Morgan fingerprint density at radius 1 is 1.26 bits per heavy atom. The van der Waals surface area contributed by atoms with Crippen molar-refractivity contribution in [3.05, 3.63) is 35.4 Å². The van der Waals surface area contributed by atoms with E-state index in [0.29, 0.717) is 11.9 Å². The quantitative estimate of drug-likeness (QED) is 0.874. The van der Waals surface area contributed by atoms with Gasteiger partial charge in [0.1, 0.15) is 0 Å². The van der Waals surface area contributed by atoms with Gasteiger partial charge in [-0.1, -0.05) is 24.3 Å². The standard InChI is InChI=1S/C16H22N2O/c1-18(16(19)14-7-4-8-17-11-14)15-9-12-5-2-3-6-13(12)10-15/h2-3,5-6,14-15,17H,4,7-11H2,1H3. The summed E-state index contributed by atoms with van der Waals surface area (Å²) in [4.78, 5) is 14.5. The first-order valence-electron chi connectivity index (χ1n) is 7.30. The van der Waals surface area contributed by atoms with Crippen molar-refractivity contribution in [2.45, 2.75) is 31.7 Å². The Balaban J connectivity index is 1.65. The Kier molecular flexibility index (Phi) is 3.56. The van der Waals surface area contributed by atoms with Crippen molar-refractivity contribution in [3.8, 4) is 0 Å². The van der Waals surface area contributed by atoms with E-state index in [0.717, 1.165) is 38.8 Å². The molecule has 1 aromatic carbocycles. The smallest absolute Gasteiger partial charge is 0.226 e. The zero-order chi connectivity index (χ0) is 13.2. The summed E-state index contributed by atoms with van der Waals surface area (Å²) in [5.41, 5.74) is 2.82. The molecule has 1 N–H and O–H groups in total. The van der Waals surface area contributed by atoms with Gasteiger partial charge in [-0.05, 0) is 43.4 Å². The highest BCUT2D eigenvalue weighted by Crippen LogP contribution is 2.26. The van der Waals surface area contributed by atoms with E-state index in [9.17, 15) is 4.79 Å². The highest BCUT2D eigenvalue weighted by Gasteiger charge is 2.31. The maximum atomic E-state index is 12.5. The molecule has 0 aromatic heterocycles. The molecule has 1 amide bonds. The van der Waals surface area contributed by atoms with Gasteiger partial charge in [-0.2, -0.15) is 0 Å². The van der Waals surface area contributed by atoms with E-state index < -0.39 is 0 Å². The van der Waals surface area contributed by atoms with Crippen molar-refractivity contribution in [3.63, 3.8) is 0 Å². The summed E-state index contributed by atoms with van der Waals surface area (Å²) in [5.74, 6) is 0.507. The molecular formula is C16H22N2O. The maximum absolute atomic E-state index is 12.5. The fraction of sp³-hybridized carbons (Fsp3) is 0.562. The van der Waals surface area contributed by atoms with Gasteiger partial charge in [-0.3, -0.25) is 4.79 Å². The Morgan fingerprint density at radius 2 is 1.95 bits per heavy atom. The van der Waals surface area contributed by atoms with Gasteiger partial charge in [-0.15, -0.1) is 0 Å². The van der Waals surface area contributed by atoms with Gasteiger partial charge in [-0.25, -0.2) is 0 Å². The second-order valence-electron chi connectivity index (χ2n) is 5.82. The van der Waals surface area contributed by atoms with E-state index in [1.54, 1.807) is 0 Å². The van der Waals surface area contributed by atoms with Gasteiger partial charge in [0.15, 0.2) is 0 Å². The number of hydrogen-bond donors (Lipinski definition) is 1. The summed E-state index contributed by atoms with van der Waals surface area (Å²) in [7, 11) is 1.98. The molecule has 0 radical (unpaired) electrons. The number of benzene rings is 1. The van der Waals surface area contributed by atoms with Crippen LogP contribution in [0.1, 0.15) is 24.0 Å². The topological polar surface area (TPSA) is 32.3 Å². The van der Waals surface area contributed by atoms with E-state index in [2.05, 4.69) is 29.6 Å². The molecule has 3 nitrogen and oxygen atoms in total. The number of amides is 1. The molecule has 1 saturated heterocycles. The van der Waals surface area contributed by atoms with Crippen molar-refractivity contribution in [2.24, 2.45) is 5.92 Å². The molecule has 0 bridgehead atoms. The summed E-state index contributed by atoms with van der Waals surface area (Å²) in [6, 6.07) is 8.92. The summed E-state index contributed by atoms with van der Waals surface area (Å²) >= 11 is 0. The normalized spacial score (nSPS) is 23.1. The lowest BCUT2D eigenvalue weighted by Crippen LogP contribution is -2.45. The minimum Gasteiger partial charge on any atom is -0.342 e. The molecule has 1 aromatic rings. The number of nitrogens with one attached hydrogen (secondary N) is 1. The molecule has 0 spiro atoms. The lowest BCUT2D eigenvalue weighted by molar-refractivity contribution is -0.136. The molecule has 1 heterocycles. The number of carbonyl (C=O) groups excluding carboxylic acids is 1. The van der Waals surface area contributed by atoms with Crippen LogP contribution in [0.4, 0.5) is 0 Å². The SMILES string of the molecule is CN(C(=O)C1CCCNC1)C1Cc2ccccc2C1. The zero-order valence-electron chi connectivity index (χ0n) is 11.6. The predicted molar refractivity (Wildman–Crippen MR) is 76.0 cm³/mol. The molecule has 102 valence electrons. The molecule has 1 unspecified atom stereocenters. The van der Waals surface area contributed by atoms with Crippen LogP contribution in [0.25, 0.3) is 0 Å². The summed E-state index contributed by atoms with van der Waals surface area (Å²) in [6.07, 6.45) is 4.18. The van der Waals surface area contributed by atoms with Crippen LogP contribution in [-0.4, -0.2) is 37.0 Å². The predicted octanol–water partition coefficient (Wildman–Crippen LogP) is 1.61. The average Bonchev–Trinajstić information content (AvgIpc) is 2.90. The average molecular weight is 258 g/mol. The van der Waals surface area contributed by atoms with E-state index in [4.69, 9.17) is 0 Å². The van der Waals surface area contributed by atoms with Crippen molar-refractivity contribution in [2.75, 3.05) is 20.1 Å². The minimum absolute atomic E-state index is 0.183. The second-order valence-corrected chi connectivity index (χ2v) is 5.82. The molecular weight excluding hydrogens is 236 g/mol. The molecule has 1 fully saturated rings. The van der Waals surface area contributed by atoms with Crippen LogP contribution in [0.5, 0.6) is 0 Å². The van der Waals surface area contributed by atoms with Crippen molar-refractivity contribution >= 4 is 5.91 Å². The van der Waals surface area contributed by atoms with Crippen molar-refractivity contribution < 1.29 is 4.79 Å². The van der Waals surface area contributed by atoms with Gasteiger partial charge < -0.3 is 10.2 Å². The Bertz CT molecular complexity index is 441. The third kappa shape index (κ3) is 2.52. The molecule has 2 aliphatic rings. The molecule has 3 heteroatoms. The van der Waals surface area contributed by atoms with E-state index in [-0.39, 0.29) is 5.92 Å². The summed E-state index contributed by atoms with van der Waals surface area (Å²) in [5, 5.41) is 3.33. The van der Waals surface area contributed by atoms with Gasteiger partial charge in [0.05, 0.1) is 5.92 Å². The van der Waals surface area contributed by atoms with E-state index >= 15 is 0 Å². The lowest BCUT2D eigenvalue weighted by atomic mass is 9.97. The van der Waals surface area contributed by atoms with Crippen LogP contribution in [0.15, 0.2) is 24.3 Å². The number of hydrogen-bond acceptors (Lipinski definition) is 2. The molecule has 1 atom stereocenters. The number of fused-ring (bicyclic) bond motifs is 1. The van der Waals surface area contributed by atoms with Gasteiger partial charge in [0.25, 0.3) is 0 Å². The van der Waals surface area contributed by atoms with Gasteiger partial charge >= 0.3 is 0 Å². The number of carbonyl (C=O) groups is 1. The number of piperidine rings is 1. The van der Waals surface area contributed by atoms with Crippen molar-refractivity contribution in [1.82, 2.24) is 10.2 Å². The summed E-state index contributed by atoms with van der Waals surface area (Å²) < 4.78 is 0. The van der Waals surface area contributed by atoms with Crippen LogP contribution < -0.4 is 5.32 Å². The van der Waals surface area contributed by atoms with Crippen LogP contribution in [0.2, 0.25) is 0 Å². The first-order valence-corrected chi connectivity index (χ1v) is 7.30. The first-order chi connectivity index (χ1) is 9.25. The van der Waals surface area contributed by atoms with Crippen LogP contribution >= 0.6 is 0 Å². The van der Waals surface area contributed by atoms with Gasteiger partial charge in [0, 0.05) is 19.6 Å². The molecule has 0 saturated carbocycles. The van der Waals surface area contributed by atoms with Crippen LogP contribution in [-0.2, 0) is 17.6 Å². The third-order valence-electron chi connectivity index (χ3n) is 4.57. The summed E-state index contributed by atoms with van der Waals surface area (Å²) in [6.45, 7) is 1.91. The molecule has 1 aliphatic heterocycles. The number of nitrogens with zero attached hydrogens (tertiary/aromatic N) is 1. The Hall–Kier alpha value is -1.35. The Labute approximate surface area is 115 Å². The third-order valence-corrected chi connectivity index (χ3v) is 4.57. The van der Waals surface area contributed by atoms with E-state index in [1.807, 2.05) is 11.9 Å². The second kappa shape index (κ2) is 5.33. The largest absolute Gasteiger partial charge is 0.342 e.